The fourth-order valence-electron chi connectivity index (χ4n) is 3.71. The van der Waals surface area contributed by atoms with Crippen LogP contribution in [0, 0.1) is 5.92 Å². The summed E-state index contributed by atoms with van der Waals surface area (Å²) in [5.41, 5.74) is 5.79. The van der Waals surface area contributed by atoms with E-state index in [9.17, 15) is 4.79 Å². The van der Waals surface area contributed by atoms with Crippen LogP contribution in [-0.2, 0) is 9.53 Å². The summed E-state index contributed by atoms with van der Waals surface area (Å²) in [4.78, 5) is 34.0. The number of aliphatic hydroxyl groups is 1. The monoisotopic (exact) mass is 449 g/mol. The van der Waals surface area contributed by atoms with Gasteiger partial charge in [-0.2, -0.15) is 15.0 Å². The van der Waals surface area contributed by atoms with Gasteiger partial charge in [0.15, 0.2) is 11.0 Å². The Morgan fingerprint density at radius 2 is 2.13 bits per heavy atom. The van der Waals surface area contributed by atoms with E-state index in [2.05, 4.69) is 31.8 Å². The molecule has 1 atom stereocenters. The zero-order valence-corrected chi connectivity index (χ0v) is 18.3. The van der Waals surface area contributed by atoms with Crippen LogP contribution in [0.15, 0.2) is 6.20 Å². The van der Waals surface area contributed by atoms with E-state index >= 15 is 0 Å². The molecule has 0 aliphatic carbocycles. The van der Waals surface area contributed by atoms with Crippen LogP contribution >= 0.6 is 11.3 Å². The molecule has 0 radical (unpaired) electrons. The molecule has 0 aromatic carbocycles. The number of nitrogen functional groups attached to an aromatic ring is 1. The SMILES string of the molecule is CC1COCCN1c1nc(OCC2CCN(C(=O)CO)CC2)nc(-c2cnc(N)s2)n1. The molecule has 0 saturated carbocycles. The highest BCUT2D eigenvalue weighted by Crippen LogP contribution is 2.28. The predicted octanol–water partition coefficient (Wildman–Crippen LogP) is 0.412. The number of morpholine rings is 1. The number of carbonyl (C=O) groups is 1. The second-order valence-corrected chi connectivity index (χ2v) is 8.78. The molecule has 1 unspecified atom stereocenters. The van der Waals surface area contributed by atoms with Crippen molar-refractivity contribution >= 4 is 28.3 Å². The second-order valence-electron chi connectivity index (χ2n) is 7.71. The lowest BCUT2D eigenvalue weighted by atomic mass is 9.98. The number of aromatic nitrogens is 4. The van der Waals surface area contributed by atoms with Gasteiger partial charge in [0, 0.05) is 19.6 Å². The summed E-state index contributed by atoms with van der Waals surface area (Å²) in [5.74, 6) is 1.09. The first-order valence-electron chi connectivity index (χ1n) is 10.4. The Balaban J connectivity index is 1.48. The van der Waals surface area contributed by atoms with Crippen molar-refractivity contribution < 1.29 is 19.4 Å². The van der Waals surface area contributed by atoms with Gasteiger partial charge in [-0.25, -0.2) is 4.98 Å². The van der Waals surface area contributed by atoms with Crippen molar-refractivity contribution in [3.63, 3.8) is 0 Å². The first-order valence-corrected chi connectivity index (χ1v) is 11.2. The number of ether oxygens (including phenoxy) is 2. The van der Waals surface area contributed by atoms with Gasteiger partial charge in [0.05, 0.1) is 36.9 Å². The maximum absolute atomic E-state index is 11.6. The topological polar surface area (TPSA) is 140 Å². The van der Waals surface area contributed by atoms with Gasteiger partial charge < -0.3 is 30.1 Å². The van der Waals surface area contributed by atoms with Crippen molar-refractivity contribution in [2.24, 2.45) is 5.92 Å². The Morgan fingerprint density at radius 1 is 1.32 bits per heavy atom. The summed E-state index contributed by atoms with van der Waals surface area (Å²) in [6.45, 7) is 5.21. The number of hydrogen-bond acceptors (Lipinski definition) is 11. The first kappa shape index (κ1) is 21.7. The quantitative estimate of drug-likeness (QED) is 0.637. The summed E-state index contributed by atoms with van der Waals surface area (Å²) in [6.07, 6.45) is 3.27. The summed E-state index contributed by atoms with van der Waals surface area (Å²) in [6, 6.07) is 0.399. The molecule has 12 heteroatoms. The van der Waals surface area contributed by atoms with Crippen LogP contribution in [0.3, 0.4) is 0 Å². The molecule has 0 bridgehead atoms. The highest BCUT2D eigenvalue weighted by atomic mass is 32.1. The number of amides is 1. The van der Waals surface area contributed by atoms with E-state index in [1.165, 1.54) is 11.3 Å². The van der Waals surface area contributed by atoms with Crippen LogP contribution in [0.25, 0.3) is 10.7 Å². The Morgan fingerprint density at radius 3 is 2.81 bits per heavy atom. The van der Waals surface area contributed by atoms with Crippen molar-refractivity contribution in [3.05, 3.63) is 6.20 Å². The van der Waals surface area contributed by atoms with E-state index in [0.29, 0.717) is 56.4 Å². The molecule has 31 heavy (non-hydrogen) atoms. The third-order valence-corrected chi connectivity index (χ3v) is 6.34. The summed E-state index contributed by atoms with van der Waals surface area (Å²) in [5, 5.41) is 9.46. The van der Waals surface area contributed by atoms with Gasteiger partial charge in [-0.05, 0) is 25.7 Å². The normalized spacial score (nSPS) is 20.1. The number of anilines is 2. The predicted molar refractivity (Wildman–Crippen MR) is 115 cm³/mol. The minimum absolute atomic E-state index is 0.136. The van der Waals surface area contributed by atoms with Crippen LogP contribution in [0.2, 0.25) is 0 Å². The lowest BCUT2D eigenvalue weighted by molar-refractivity contribution is -0.135. The van der Waals surface area contributed by atoms with Gasteiger partial charge in [0.1, 0.15) is 6.61 Å². The second kappa shape index (κ2) is 9.71. The van der Waals surface area contributed by atoms with Crippen molar-refractivity contribution in [2.75, 3.05) is 56.7 Å². The fraction of sp³-hybridized carbons (Fsp3) is 0.632. The molecule has 11 nitrogen and oxygen atoms in total. The average Bonchev–Trinajstić information content (AvgIpc) is 3.24. The molecule has 2 aromatic rings. The molecule has 2 aliphatic rings. The van der Waals surface area contributed by atoms with Crippen molar-refractivity contribution in [1.82, 2.24) is 24.8 Å². The molecule has 2 aliphatic heterocycles. The van der Waals surface area contributed by atoms with Crippen molar-refractivity contribution in [1.29, 1.82) is 0 Å². The molecule has 2 aromatic heterocycles. The molecule has 1 amide bonds. The lowest BCUT2D eigenvalue weighted by Gasteiger charge is -2.33. The van der Waals surface area contributed by atoms with Gasteiger partial charge in [0.25, 0.3) is 0 Å². The maximum Gasteiger partial charge on any atom is 0.321 e. The fourth-order valence-corrected chi connectivity index (χ4v) is 4.32. The molecule has 168 valence electrons. The number of thiazole rings is 1. The zero-order chi connectivity index (χ0) is 21.8. The van der Waals surface area contributed by atoms with Crippen LogP contribution in [-0.4, -0.2) is 88.0 Å². The molecular weight excluding hydrogens is 422 g/mol. The van der Waals surface area contributed by atoms with Gasteiger partial charge in [-0.3, -0.25) is 4.79 Å². The van der Waals surface area contributed by atoms with Crippen LogP contribution < -0.4 is 15.4 Å². The van der Waals surface area contributed by atoms with Crippen molar-refractivity contribution in [3.8, 4) is 16.7 Å². The van der Waals surface area contributed by atoms with Gasteiger partial charge in [-0.15, -0.1) is 0 Å². The first-order chi connectivity index (χ1) is 15.0. The molecule has 3 N–H and O–H groups in total. The molecule has 4 heterocycles. The number of nitrogens with zero attached hydrogens (tertiary/aromatic N) is 6. The van der Waals surface area contributed by atoms with Crippen LogP contribution in [0.4, 0.5) is 11.1 Å². The largest absolute Gasteiger partial charge is 0.463 e. The average molecular weight is 450 g/mol. The third-order valence-electron chi connectivity index (χ3n) is 5.52. The number of carbonyl (C=O) groups excluding carboxylic acids is 1. The van der Waals surface area contributed by atoms with E-state index in [0.717, 1.165) is 17.7 Å². The van der Waals surface area contributed by atoms with E-state index < -0.39 is 6.61 Å². The standard InChI is InChI=1S/C19H27N7O4S/c1-12-10-29-7-6-26(12)18-22-16(14-8-21-17(20)31-14)23-19(24-18)30-11-13-2-4-25(5-3-13)15(28)9-27/h8,12-13,27H,2-7,9-11H2,1H3,(H2,20,21). The smallest absolute Gasteiger partial charge is 0.321 e. The van der Waals surface area contributed by atoms with Crippen LogP contribution in [0.1, 0.15) is 19.8 Å². The molecule has 2 fully saturated rings. The molecule has 2 saturated heterocycles. The number of hydrogen-bond donors (Lipinski definition) is 2. The minimum atomic E-state index is -0.445. The van der Waals surface area contributed by atoms with E-state index in [4.69, 9.17) is 20.3 Å². The van der Waals surface area contributed by atoms with Crippen molar-refractivity contribution in [2.45, 2.75) is 25.8 Å². The summed E-state index contributed by atoms with van der Waals surface area (Å²) < 4.78 is 11.5. The Labute approximate surface area is 184 Å². The van der Waals surface area contributed by atoms with Gasteiger partial charge in [0.2, 0.25) is 11.9 Å². The molecule has 0 spiro atoms. The number of likely N-dealkylation sites (tertiary alicyclic amines) is 1. The zero-order valence-electron chi connectivity index (χ0n) is 17.4. The molecule has 4 rings (SSSR count). The summed E-state index contributed by atoms with van der Waals surface area (Å²) >= 11 is 1.31. The van der Waals surface area contributed by atoms with Crippen LogP contribution in [0.5, 0.6) is 6.01 Å². The third kappa shape index (κ3) is 5.20. The number of piperidine rings is 1. The highest BCUT2D eigenvalue weighted by molar-refractivity contribution is 7.18. The summed E-state index contributed by atoms with van der Waals surface area (Å²) in [7, 11) is 0. The highest BCUT2D eigenvalue weighted by Gasteiger charge is 2.26. The number of aliphatic hydroxyl groups excluding tert-OH is 1. The number of rotatable bonds is 6. The minimum Gasteiger partial charge on any atom is -0.463 e. The van der Waals surface area contributed by atoms with E-state index in [1.54, 1.807) is 11.1 Å². The van der Waals surface area contributed by atoms with E-state index in [-0.39, 0.29) is 23.9 Å². The maximum atomic E-state index is 11.6. The Hall–Kier alpha value is -2.57. The van der Waals surface area contributed by atoms with Gasteiger partial charge >= 0.3 is 6.01 Å². The molecular formula is C19H27N7O4S. The number of nitrogens with two attached hydrogens (primary N) is 1. The lowest BCUT2D eigenvalue weighted by Crippen LogP contribution is -2.44. The van der Waals surface area contributed by atoms with Gasteiger partial charge in [-0.1, -0.05) is 11.3 Å². The Bertz CT molecular complexity index is 903. The van der Waals surface area contributed by atoms with E-state index in [1.807, 2.05) is 0 Å². The Kier molecular flexibility index (Phi) is 6.78.